The number of alkyl halides is 3. The summed E-state index contributed by atoms with van der Waals surface area (Å²) in [6.07, 6.45) is -2.09. The van der Waals surface area contributed by atoms with Crippen molar-refractivity contribution in [1.29, 1.82) is 0 Å². The molecule has 7 heteroatoms. The lowest BCUT2D eigenvalue weighted by molar-refractivity contribution is -0.173. The molecule has 0 spiro atoms. The summed E-state index contributed by atoms with van der Waals surface area (Å²) in [5.41, 5.74) is 0. The van der Waals surface area contributed by atoms with Crippen LogP contribution in [0.1, 0.15) is 12.8 Å². The van der Waals surface area contributed by atoms with Crippen molar-refractivity contribution in [2.75, 3.05) is 6.54 Å². The highest BCUT2D eigenvalue weighted by Gasteiger charge is 2.37. The maximum atomic E-state index is 11.6. The molecule has 0 atom stereocenters. The summed E-state index contributed by atoms with van der Waals surface area (Å²) in [5.74, 6) is -3.00. The second kappa shape index (κ2) is 6.05. The summed E-state index contributed by atoms with van der Waals surface area (Å²) in [6, 6.07) is 0. The van der Waals surface area contributed by atoms with Crippen LogP contribution in [0.4, 0.5) is 13.2 Å². The number of aliphatic carboxylic acids is 1. The molecule has 0 bridgehead atoms. The Kier molecular flexibility index (Phi) is 5.43. The Morgan fingerprint density at radius 3 is 2.33 bits per heavy atom. The maximum absolute atomic E-state index is 11.6. The third kappa shape index (κ3) is 7.53. The number of halogens is 3. The highest BCUT2D eigenvalue weighted by Crippen LogP contribution is 2.13. The standard InChI is InChI=1S/C8H10F3NO3/c9-8(10,11)7(15)12-5-3-1-2-4-6(13)14/h1,3H,2,4-5H2,(H,12,15)(H,13,14)/b3-1-. The van der Waals surface area contributed by atoms with Crippen molar-refractivity contribution in [3.63, 3.8) is 0 Å². The molecule has 0 fully saturated rings. The smallest absolute Gasteiger partial charge is 0.471 e. The first-order valence-corrected chi connectivity index (χ1v) is 4.06. The number of carboxylic acid groups (broad SMARTS) is 1. The zero-order chi connectivity index (χ0) is 11.9. The third-order valence-corrected chi connectivity index (χ3v) is 1.33. The zero-order valence-corrected chi connectivity index (χ0v) is 7.67. The van der Waals surface area contributed by atoms with Gasteiger partial charge in [0.15, 0.2) is 0 Å². The van der Waals surface area contributed by atoms with Gasteiger partial charge in [-0.25, -0.2) is 0 Å². The number of amides is 1. The lowest BCUT2D eigenvalue weighted by atomic mass is 10.3. The van der Waals surface area contributed by atoms with Crippen LogP contribution in [0.3, 0.4) is 0 Å². The highest BCUT2D eigenvalue weighted by molar-refractivity contribution is 5.81. The summed E-state index contributed by atoms with van der Waals surface area (Å²) in [6.45, 7) is -0.266. The van der Waals surface area contributed by atoms with Gasteiger partial charge in [-0.15, -0.1) is 0 Å². The first-order chi connectivity index (χ1) is 6.84. The Morgan fingerprint density at radius 2 is 1.87 bits per heavy atom. The Bertz CT molecular complexity index is 260. The van der Waals surface area contributed by atoms with E-state index in [0.29, 0.717) is 0 Å². The molecular formula is C8H10F3NO3. The van der Waals surface area contributed by atoms with Crippen molar-refractivity contribution >= 4 is 11.9 Å². The molecule has 0 aliphatic rings. The van der Waals surface area contributed by atoms with Crippen LogP contribution in [-0.2, 0) is 9.59 Å². The molecule has 0 saturated carbocycles. The monoisotopic (exact) mass is 225 g/mol. The molecule has 0 saturated heterocycles. The minimum absolute atomic E-state index is 0.0935. The van der Waals surface area contributed by atoms with Crippen LogP contribution < -0.4 is 5.32 Å². The topological polar surface area (TPSA) is 66.4 Å². The number of nitrogens with one attached hydrogen (secondary N) is 1. The van der Waals surface area contributed by atoms with Crippen molar-refractivity contribution in [1.82, 2.24) is 5.32 Å². The molecule has 0 unspecified atom stereocenters. The number of allylic oxidation sites excluding steroid dienone is 1. The van der Waals surface area contributed by atoms with E-state index in [0.717, 1.165) is 0 Å². The number of hydrogen-bond acceptors (Lipinski definition) is 2. The number of rotatable bonds is 5. The second-order valence-electron chi connectivity index (χ2n) is 2.61. The van der Waals surface area contributed by atoms with Gasteiger partial charge in [0.1, 0.15) is 0 Å². The molecular weight excluding hydrogens is 215 g/mol. The lowest BCUT2D eigenvalue weighted by Gasteiger charge is -2.04. The quantitative estimate of drug-likeness (QED) is 0.688. The zero-order valence-electron chi connectivity index (χ0n) is 7.67. The van der Waals surface area contributed by atoms with E-state index in [-0.39, 0.29) is 19.4 Å². The summed E-state index contributed by atoms with van der Waals surface area (Å²) in [7, 11) is 0. The van der Waals surface area contributed by atoms with E-state index in [1.165, 1.54) is 12.2 Å². The summed E-state index contributed by atoms with van der Waals surface area (Å²) in [4.78, 5) is 20.3. The molecule has 0 aromatic rings. The van der Waals surface area contributed by atoms with Crippen LogP contribution in [0.5, 0.6) is 0 Å². The molecule has 15 heavy (non-hydrogen) atoms. The molecule has 0 heterocycles. The average Bonchev–Trinajstić information content (AvgIpc) is 2.08. The predicted molar refractivity (Wildman–Crippen MR) is 45.1 cm³/mol. The first kappa shape index (κ1) is 13.5. The number of carbonyl (C=O) groups excluding carboxylic acids is 1. The third-order valence-electron chi connectivity index (χ3n) is 1.33. The Labute approximate surface area is 83.8 Å². The van der Waals surface area contributed by atoms with Crippen LogP contribution in [0.15, 0.2) is 12.2 Å². The molecule has 0 aliphatic carbocycles. The van der Waals surface area contributed by atoms with Gasteiger partial charge in [0.25, 0.3) is 0 Å². The van der Waals surface area contributed by atoms with E-state index < -0.39 is 18.1 Å². The molecule has 0 radical (unpaired) electrons. The van der Waals surface area contributed by atoms with Gasteiger partial charge >= 0.3 is 18.1 Å². The molecule has 4 nitrogen and oxygen atoms in total. The van der Waals surface area contributed by atoms with Gasteiger partial charge in [-0.05, 0) is 6.42 Å². The van der Waals surface area contributed by atoms with Crippen molar-refractivity contribution in [3.8, 4) is 0 Å². The normalized spacial score (nSPS) is 11.7. The fourth-order valence-corrected chi connectivity index (χ4v) is 0.660. The van der Waals surface area contributed by atoms with Crippen LogP contribution >= 0.6 is 0 Å². The number of carboxylic acids is 1. The Hall–Kier alpha value is -1.53. The van der Waals surface area contributed by atoms with Crippen LogP contribution in [0, 0.1) is 0 Å². The Balaban J connectivity index is 3.62. The predicted octanol–water partition coefficient (Wildman–Crippen LogP) is 1.09. The second-order valence-corrected chi connectivity index (χ2v) is 2.61. The van der Waals surface area contributed by atoms with Crippen LogP contribution in [0.2, 0.25) is 0 Å². The first-order valence-electron chi connectivity index (χ1n) is 4.06. The summed E-state index contributed by atoms with van der Waals surface area (Å²) < 4.78 is 34.8. The fraction of sp³-hybridized carbons (Fsp3) is 0.500. The van der Waals surface area contributed by atoms with Gasteiger partial charge in [0.05, 0.1) is 0 Å². The van der Waals surface area contributed by atoms with Crippen LogP contribution in [-0.4, -0.2) is 29.7 Å². The van der Waals surface area contributed by atoms with Gasteiger partial charge in [-0.2, -0.15) is 13.2 Å². The van der Waals surface area contributed by atoms with Crippen molar-refractivity contribution in [2.45, 2.75) is 19.0 Å². The van der Waals surface area contributed by atoms with Gasteiger partial charge in [0.2, 0.25) is 0 Å². The van der Waals surface area contributed by atoms with Gasteiger partial charge in [-0.1, -0.05) is 12.2 Å². The van der Waals surface area contributed by atoms with Crippen LogP contribution in [0.25, 0.3) is 0 Å². The van der Waals surface area contributed by atoms with Gasteiger partial charge < -0.3 is 10.4 Å². The SMILES string of the molecule is O=C(O)CC/C=C\CNC(=O)C(F)(F)F. The number of hydrogen-bond donors (Lipinski definition) is 2. The summed E-state index contributed by atoms with van der Waals surface area (Å²) >= 11 is 0. The van der Waals surface area contributed by atoms with Crippen molar-refractivity contribution < 1.29 is 27.9 Å². The lowest BCUT2D eigenvalue weighted by Crippen LogP contribution is -2.36. The number of carbonyl (C=O) groups is 2. The maximum Gasteiger partial charge on any atom is 0.471 e. The largest absolute Gasteiger partial charge is 0.481 e. The van der Waals surface area contributed by atoms with E-state index in [4.69, 9.17) is 5.11 Å². The molecule has 0 rings (SSSR count). The van der Waals surface area contributed by atoms with Gasteiger partial charge in [0, 0.05) is 13.0 Å². The molecule has 2 N–H and O–H groups in total. The van der Waals surface area contributed by atoms with E-state index in [2.05, 4.69) is 0 Å². The van der Waals surface area contributed by atoms with Gasteiger partial charge in [-0.3, -0.25) is 9.59 Å². The molecule has 86 valence electrons. The molecule has 0 aliphatic heterocycles. The molecule has 0 aromatic carbocycles. The molecule has 0 aromatic heterocycles. The van der Waals surface area contributed by atoms with E-state index in [1.54, 1.807) is 5.32 Å². The minimum Gasteiger partial charge on any atom is -0.481 e. The Morgan fingerprint density at radius 1 is 1.27 bits per heavy atom. The fourth-order valence-electron chi connectivity index (χ4n) is 0.660. The van der Waals surface area contributed by atoms with E-state index in [9.17, 15) is 22.8 Å². The minimum atomic E-state index is -4.88. The van der Waals surface area contributed by atoms with E-state index >= 15 is 0 Å². The average molecular weight is 225 g/mol. The van der Waals surface area contributed by atoms with Crippen molar-refractivity contribution in [2.24, 2.45) is 0 Å². The molecule has 1 amide bonds. The summed E-state index contributed by atoms with van der Waals surface area (Å²) in [5, 5.41) is 9.83. The highest BCUT2D eigenvalue weighted by atomic mass is 19.4. The van der Waals surface area contributed by atoms with Crippen molar-refractivity contribution in [3.05, 3.63) is 12.2 Å². The van der Waals surface area contributed by atoms with E-state index in [1.807, 2.05) is 0 Å².